The van der Waals surface area contributed by atoms with Crippen LogP contribution in [0.2, 0.25) is 0 Å². The van der Waals surface area contributed by atoms with Gasteiger partial charge in [0.1, 0.15) is 12.6 Å². The number of nitrogens with one attached hydrogen (secondary N) is 1. The number of nitrogens with zero attached hydrogens (tertiary/aromatic N) is 2. The second-order valence-corrected chi connectivity index (χ2v) is 12.9. The van der Waals surface area contributed by atoms with Crippen molar-refractivity contribution in [2.24, 2.45) is 0 Å². The van der Waals surface area contributed by atoms with E-state index in [1.165, 1.54) is 4.31 Å². The lowest BCUT2D eigenvalue weighted by atomic mass is 10.1. The molecule has 0 saturated heterocycles. The molecule has 0 unspecified atom stereocenters. The molecule has 0 bridgehead atoms. The molecule has 4 rings (SSSR count). The van der Waals surface area contributed by atoms with Gasteiger partial charge in [-0.05, 0) is 69.4 Å². The van der Waals surface area contributed by atoms with E-state index in [-0.39, 0.29) is 23.4 Å². The van der Waals surface area contributed by atoms with Crippen molar-refractivity contribution in [2.45, 2.75) is 83.3 Å². The van der Waals surface area contributed by atoms with Crippen LogP contribution >= 0.6 is 0 Å². The molecule has 1 saturated carbocycles. The lowest BCUT2D eigenvalue weighted by Gasteiger charge is -2.34. The highest BCUT2D eigenvalue weighted by Crippen LogP contribution is 2.28. The lowest BCUT2D eigenvalue weighted by molar-refractivity contribution is -0.140. The van der Waals surface area contributed by atoms with Gasteiger partial charge in [0.2, 0.25) is 11.8 Å². The van der Waals surface area contributed by atoms with Gasteiger partial charge in [-0.2, -0.15) is 0 Å². The largest absolute Gasteiger partial charge is 0.352 e. The van der Waals surface area contributed by atoms with Crippen LogP contribution in [0.25, 0.3) is 0 Å². The molecule has 41 heavy (non-hydrogen) atoms. The molecule has 3 aromatic carbocycles. The molecule has 1 fully saturated rings. The van der Waals surface area contributed by atoms with Crippen molar-refractivity contribution >= 4 is 27.5 Å². The summed E-state index contributed by atoms with van der Waals surface area (Å²) in [4.78, 5) is 29.4. The fourth-order valence-corrected chi connectivity index (χ4v) is 6.85. The number of amides is 2. The summed E-state index contributed by atoms with van der Waals surface area (Å²) in [5.74, 6) is -0.623. The first-order chi connectivity index (χ1) is 19.6. The van der Waals surface area contributed by atoms with Crippen molar-refractivity contribution < 1.29 is 18.0 Å². The fourth-order valence-electron chi connectivity index (χ4n) is 5.37. The van der Waals surface area contributed by atoms with Crippen LogP contribution in [-0.4, -0.2) is 43.8 Å². The third-order valence-electron chi connectivity index (χ3n) is 7.83. The zero-order chi connectivity index (χ0) is 29.6. The predicted molar refractivity (Wildman–Crippen MR) is 163 cm³/mol. The lowest BCUT2D eigenvalue weighted by Crippen LogP contribution is -2.53. The van der Waals surface area contributed by atoms with Gasteiger partial charge in [-0.1, -0.05) is 85.5 Å². The number of sulfonamides is 1. The average molecular weight is 576 g/mol. The summed E-state index contributed by atoms with van der Waals surface area (Å²) in [5.41, 5.74) is 4.06. The molecule has 8 heteroatoms. The third kappa shape index (κ3) is 7.36. The number of carbonyl (C=O) groups excluding carboxylic acids is 2. The van der Waals surface area contributed by atoms with E-state index in [0.717, 1.165) is 47.9 Å². The second-order valence-electron chi connectivity index (χ2n) is 11.0. The highest BCUT2D eigenvalue weighted by Gasteiger charge is 2.35. The van der Waals surface area contributed by atoms with Gasteiger partial charge >= 0.3 is 0 Å². The first-order valence-electron chi connectivity index (χ1n) is 14.4. The Kier molecular flexibility index (Phi) is 9.86. The molecule has 0 spiro atoms. The summed E-state index contributed by atoms with van der Waals surface area (Å²) >= 11 is 0. The van der Waals surface area contributed by atoms with E-state index in [1.807, 2.05) is 64.1 Å². The molecule has 7 nitrogen and oxygen atoms in total. The Balaban J connectivity index is 1.72. The van der Waals surface area contributed by atoms with Crippen LogP contribution in [-0.2, 0) is 26.2 Å². The number of hydrogen-bond donors (Lipinski definition) is 1. The summed E-state index contributed by atoms with van der Waals surface area (Å²) in [6.45, 7) is 7.36. The molecule has 1 aliphatic carbocycles. The highest BCUT2D eigenvalue weighted by molar-refractivity contribution is 7.92. The van der Waals surface area contributed by atoms with Crippen molar-refractivity contribution in [3.63, 3.8) is 0 Å². The molecule has 218 valence electrons. The topological polar surface area (TPSA) is 86.8 Å². The van der Waals surface area contributed by atoms with Crippen molar-refractivity contribution in [1.82, 2.24) is 10.2 Å². The van der Waals surface area contributed by atoms with Crippen LogP contribution < -0.4 is 9.62 Å². The van der Waals surface area contributed by atoms with E-state index in [2.05, 4.69) is 5.32 Å². The molecule has 1 N–H and O–H groups in total. The van der Waals surface area contributed by atoms with E-state index >= 15 is 0 Å². The monoisotopic (exact) mass is 575 g/mol. The minimum Gasteiger partial charge on any atom is -0.352 e. The maximum absolute atomic E-state index is 14.2. The summed E-state index contributed by atoms with van der Waals surface area (Å²) in [6.07, 6.45) is 4.44. The normalized spacial score (nSPS) is 14.4. The van der Waals surface area contributed by atoms with Crippen LogP contribution in [0, 0.1) is 20.8 Å². The highest BCUT2D eigenvalue weighted by atomic mass is 32.2. The second kappa shape index (κ2) is 13.3. The number of rotatable bonds is 11. The van der Waals surface area contributed by atoms with Gasteiger partial charge in [-0.25, -0.2) is 8.42 Å². The van der Waals surface area contributed by atoms with E-state index < -0.39 is 28.5 Å². The van der Waals surface area contributed by atoms with Crippen LogP contribution in [0.3, 0.4) is 0 Å². The SMILES string of the molecule is CC[C@@H](C(=O)NC1CCCC1)N(Cc1ccc(C)cc1)C(=O)CN(c1ccccc1C)S(=O)(=O)c1ccc(C)cc1. The van der Waals surface area contributed by atoms with Gasteiger partial charge in [0.25, 0.3) is 10.0 Å². The Labute approximate surface area is 244 Å². The number of carbonyl (C=O) groups is 2. The molecular formula is C33H41N3O4S. The number of para-hydroxylation sites is 1. The quantitative estimate of drug-likeness (QED) is 0.319. The standard InChI is InChI=1S/C33H41N3O4S/c1-5-30(33(38)34-28-11-7-8-12-28)35(22-27-18-14-24(2)15-19-27)32(37)23-36(31-13-9-6-10-26(31)4)41(39,40)29-20-16-25(3)17-21-29/h6,9-10,13-21,28,30H,5,7-8,11-12,22-23H2,1-4H3,(H,34,38)/t30-/m0/s1. The predicted octanol–water partition coefficient (Wildman–Crippen LogP) is 5.67. The minimum absolute atomic E-state index is 0.107. The number of anilines is 1. The zero-order valence-corrected chi connectivity index (χ0v) is 25.3. The molecule has 0 heterocycles. The van der Waals surface area contributed by atoms with E-state index in [1.54, 1.807) is 41.3 Å². The zero-order valence-electron chi connectivity index (χ0n) is 24.5. The Bertz CT molecular complexity index is 1450. The smallest absolute Gasteiger partial charge is 0.264 e. The van der Waals surface area contributed by atoms with E-state index in [0.29, 0.717) is 12.1 Å². The minimum atomic E-state index is -4.09. The van der Waals surface area contributed by atoms with Crippen molar-refractivity contribution in [3.8, 4) is 0 Å². The summed E-state index contributed by atoms with van der Waals surface area (Å²) in [6, 6.07) is 21.0. The van der Waals surface area contributed by atoms with Crippen LogP contribution in [0.1, 0.15) is 61.3 Å². The number of benzene rings is 3. The Morgan fingerprint density at radius 2 is 1.46 bits per heavy atom. The van der Waals surface area contributed by atoms with Crippen molar-refractivity contribution in [1.29, 1.82) is 0 Å². The molecule has 0 aromatic heterocycles. The first kappa shape index (κ1) is 30.3. The van der Waals surface area contributed by atoms with E-state index in [4.69, 9.17) is 0 Å². The Hall–Kier alpha value is -3.65. The summed E-state index contributed by atoms with van der Waals surface area (Å²) in [7, 11) is -4.09. The maximum Gasteiger partial charge on any atom is 0.264 e. The number of aryl methyl sites for hydroxylation is 3. The third-order valence-corrected chi connectivity index (χ3v) is 9.61. The van der Waals surface area contributed by atoms with Gasteiger partial charge < -0.3 is 10.2 Å². The van der Waals surface area contributed by atoms with Crippen LogP contribution in [0.5, 0.6) is 0 Å². The fraction of sp³-hybridized carbons (Fsp3) is 0.394. The Morgan fingerprint density at radius 3 is 2.05 bits per heavy atom. The van der Waals surface area contributed by atoms with E-state index in [9.17, 15) is 18.0 Å². The number of hydrogen-bond acceptors (Lipinski definition) is 4. The van der Waals surface area contributed by atoms with Gasteiger partial charge in [-0.15, -0.1) is 0 Å². The van der Waals surface area contributed by atoms with Gasteiger partial charge in [0.05, 0.1) is 10.6 Å². The Morgan fingerprint density at radius 1 is 0.878 bits per heavy atom. The molecule has 3 aromatic rings. The molecule has 2 amide bonds. The first-order valence-corrected chi connectivity index (χ1v) is 15.8. The molecule has 1 atom stereocenters. The van der Waals surface area contributed by atoms with Crippen LogP contribution in [0.4, 0.5) is 5.69 Å². The molecule has 0 aliphatic heterocycles. The summed E-state index contributed by atoms with van der Waals surface area (Å²) < 4.78 is 29.2. The molecular weight excluding hydrogens is 534 g/mol. The van der Waals surface area contributed by atoms with Gasteiger partial charge in [-0.3, -0.25) is 13.9 Å². The molecule has 1 aliphatic rings. The van der Waals surface area contributed by atoms with Crippen LogP contribution in [0.15, 0.2) is 77.7 Å². The molecule has 0 radical (unpaired) electrons. The van der Waals surface area contributed by atoms with Gasteiger partial charge in [0.15, 0.2) is 0 Å². The van der Waals surface area contributed by atoms with Crippen molar-refractivity contribution in [3.05, 3.63) is 95.1 Å². The van der Waals surface area contributed by atoms with Gasteiger partial charge in [0, 0.05) is 12.6 Å². The maximum atomic E-state index is 14.2. The van der Waals surface area contributed by atoms with Crippen molar-refractivity contribution in [2.75, 3.05) is 10.8 Å². The summed E-state index contributed by atoms with van der Waals surface area (Å²) in [5, 5.41) is 3.15. The average Bonchev–Trinajstić information content (AvgIpc) is 3.46.